The molecular formula is C18H28N6. The lowest BCUT2D eigenvalue weighted by molar-refractivity contribution is 0.299. The average molecular weight is 328 g/mol. The lowest BCUT2D eigenvalue weighted by Crippen LogP contribution is -2.30. The molecule has 1 N–H and O–H groups in total. The highest BCUT2D eigenvalue weighted by atomic mass is 15.3. The van der Waals surface area contributed by atoms with Crippen molar-refractivity contribution in [2.45, 2.75) is 65.3 Å². The summed E-state index contributed by atoms with van der Waals surface area (Å²) < 4.78 is 4.39. The molecule has 6 nitrogen and oxygen atoms in total. The van der Waals surface area contributed by atoms with Gasteiger partial charge < -0.3 is 5.32 Å². The second kappa shape index (κ2) is 6.33. The van der Waals surface area contributed by atoms with Crippen LogP contribution < -0.4 is 5.32 Å². The molecule has 0 fully saturated rings. The molecule has 24 heavy (non-hydrogen) atoms. The Morgan fingerprint density at radius 2 is 2.17 bits per heavy atom. The van der Waals surface area contributed by atoms with Crippen LogP contribution in [0, 0.1) is 0 Å². The zero-order chi connectivity index (χ0) is 16.7. The second-order valence-electron chi connectivity index (χ2n) is 7.45. The third kappa shape index (κ3) is 2.78. The maximum absolute atomic E-state index is 4.87. The monoisotopic (exact) mass is 328 g/mol. The first kappa shape index (κ1) is 15.8. The Kier molecular flexibility index (Phi) is 4.18. The van der Waals surface area contributed by atoms with E-state index in [0.29, 0.717) is 6.04 Å². The van der Waals surface area contributed by atoms with E-state index >= 15 is 0 Å². The summed E-state index contributed by atoms with van der Waals surface area (Å²) in [5.74, 6) is 0. The van der Waals surface area contributed by atoms with E-state index in [-0.39, 0.29) is 0 Å². The van der Waals surface area contributed by atoms with Crippen molar-refractivity contribution in [2.24, 2.45) is 0 Å². The van der Waals surface area contributed by atoms with Crippen LogP contribution in [0.4, 0.5) is 0 Å². The predicted octanol–water partition coefficient (Wildman–Crippen LogP) is 1.88. The number of nitrogens with one attached hydrogen (secondary N) is 1. The molecule has 6 heteroatoms. The molecule has 4 rings (SSSR count). The molecule has 0 radical (unpaired) electrons. The standard InChI is InChI=1S/C18H28N6/c1-13(2)24-18(15-5-4-6-16(15)21-24)12-22(3)11-14-9-20-23-8-7-19-10-17(14)23/h9,13,19H,4-8,10-12H2,1-3H3. The molecule has 2 aromatic heterocycles. The summed E-state index contributed by atoms with van der Waals surface area (Å²) >= 11 is 0. The Morgan fingerprint density at radius 3 is 3.00 bits per heavy atom. The van der Waals surface area contributed by atoms with Crippen molar-refractivity contribution in [2.75, 3.05) is 13.6 Å². The molecule has 0 spiro atoms. The van der Waals surface area contributed by atoms with Crippen molar-refractivity contribution in [3.63, 3.8) is 0 Å². The molecule has 2 aromatic rings. The van der Waals surface area contributed by atoms with E-state index in [1.54, 1.807) is 0 Å². The third-order valence-corrected chi connectivity index (χ3v) is 5.22. The van der Waals surface area contributed by atoms with Gasteiger partial charge in [0.15, 0.2) is 0 Å². The quantitative estimate of drug-likeness (QED) is 0.910. The van der Waals surface area contributed by atoms with Gasteiger partial charge in [-0.1, -0.05) is 0 Å². The summed E-state index contributed by atoms with van der Waals surface area (Å²) in [6, 6.07) is 0.423. The number of rotatable bonds is 5. The third-order valence-electron chi connectivity index (χ3n) is 5.22. The SMILES string of the molecule is CC(C)n1nc2c(c1CN(C)Cc1cnn3c1CNCC3)CCC2. The number of aryl methyl sites for hydroxylation is 1. The topological polar surface area (TPSA) is 50.9 Å². The van der Waals surface area contributed by atoms with E-state index in [2.05, 4.69) is 45.6 Å². The molecule has 0 bridgehead atoms. The molecule has 0 atom stereocenters. The van der Waals surface area contributed by atoms with Crippen LogP contribution in [0.5, 0.6) is 0 Å². The number of nitrogens with zero attached hydrogens (tertiary/aromatic N) is 5. The minimum atomic E-state index is 0.423. The molecule has 130 valence electrons. The zero-order valence-corrected chi connectivity index (χ0v) is 15.0. The van der Waals surface area contributed by atoms with E-state index < -0.39 is 0 Å². The second-order valence-corrected chi connectivity index (χ2v) is 7.45. The van der Waals surface area contributed by atoms with Crippen LogP contribution in [0.1, 0.15) is 54.5 Å². The molecule has 1 aliphatic heterocycles. The molecule has 3 heterocycles. The Hall–Kier alpha value is -1.66. The summed E-state index contributed by atoms with van der Waals surface area (Å²) in [4.78, 5) is 2.40. The minimum absolute atomic E-state index is 0.423. The molecule has 0 saturated heterocycles. The Balaban J connectivity index is 1.52. The van der Waals surface area contributed by atoms with Gasteiger partial charge in [-0.3, -0.25) is 14.3 Å². The largest absolute Gasteiger partial charge is 0.309 e. The van der Waals surface area contributed by atoms with Gasteiger partial charge in [0.1, 0.15) is 0 Å². The molecule has 1 aliphatic carbocycles. The van der Waals surface area contributed by atoms with Crippen LogP contribution in [-0.2, 0) is 39.0 Å². The van der Waals surface area contributed by atoms with Crippen LogP contribution >= 0.6 is 0 Å². The first-order valence-corrected chi connectivity index (χ1v) is 9.15. The number of hydrogen-bond acceptors (Lipinski definition) is 4. The highest BCUT2D eigenvalue weighted by Crippen LogP contribution is 2.28. The summed E-state index contributed by atoms with van der Waals surface area (Å²) in [5, 5.41) is 12.9. The highest BCUT2D eigenvalue weighted by molar-refractivity contribution is 5.31. The van der Waals surface area contributed by atoms with E-state index in [0.717, 1.165) is 39.1 Å². The first-order chi connectivity index (χ1) is 11.6. The normalized spacial score (nSPS) is 16.9. The van der Waals surface area contributed by atoms with E-state index in [1.165, 1.54) is 41.1 Å². The maximum atomic E-state index is 4.87. The van der Waals surface area contributed by atoms with Gasteiger partial charge in [0.05, 0.1) is 29.8 Å². The molecule has 0 aromatic carbocycles. The zero-order valence-electron chi connectivity index (χ0n) is 15.0. The van der Waals surface area contributed by atoms with Gasteiger partial charge in [-0.05, 0) is 45.7 Å². The van der Waals surface area contributed by atoms with Gasteiger partial charge in [-0.15, -0.1) is 0 Å². The van der Waals surface area contributed by atoms with Gasteiger partial charge in [0, 0.05) is 37.8 Å². The fourth-order valence-corrected chi connectivity index (χ4v) is 4.05. The highest BCUT2D eigenvalue weighted by Gasteiger charge is 2.24. The maximum Gasteiger partial charge on any atom is 0.0660 e. The molecule has 0 saturated carbocycles. The van der Waals surface area contributed by atoms with Crippen LogP contribution in [0.2, 0.25) is 0 Å². The van der Waals surface area contributed by atoms with Gasteiger partial charge >= 0.3 is 0 Å². The van der Waals surface area contributed by atoms with Gasteiger partial charge in [-0.25, -0.2) is 0 Å². The Bertz CT molecular complexity index is 726. The van der Waals surface area contributed by atoms with Crippen LogP contribution in [0.3, 0.4) is 0 Å². The lowest BCUT2D eigenvalue weighted by Gasteiger charge is -2.21. The van der Waals surface area contributed by atoms with E-state index in [4.69, 9.17) is 5.10 Å². The smallest absolute Gasteiger partial charge is 0.0660 e. The lowest BCUT2D eigenvalue weighted by atomic mass is 10.1. The van der Waals surface area contributed by atoms with Gasteiger partial charge in [0.2, 0.25) is 0 Å². The molecule has 0 amide bonds. The minimum Gasteiger partial charge on any atom is -0.309 e. The molecular weight excluding hydrogens is 300 g/mol. The van der Waals surface area contributed by atoms with Gasteiger partial charge in [0.25, 0.3) is 0 Å². The van der Waals surface area contributed by atoms with E-state index in [9.17, 15) is 0 Å². The number of aromatic nitrogens is 4. The number of hydrogen-bond donors (Lipinski definition) is 1. The van der Waals surface area contributed by atoms with Crippen molar-refractivity contribution in [3.05, 3.63) is 34.4 Å². The van der Waals surface area contributed by atoms with Crippen molar-refractivity contribution in [3.8, 4) is 0 Å². The summed E-state index contributed by atoms with van der Waals surface area (Å²) in [6.45, 7) is 9.28. The summed E-state index contributed by atoms with van der Waals surface area (Å²) in [6.07, 6.45) is 5.64. The van der Waals surface area contributed by atoms with Crippen LogP contribution in [0.25, 0.3) is 0 Å². The van der Waals surface area contributed by atoms with Crippen LogP contribution in [0.15, 0.2) is 6.20 Å². The Labute approximate surface area is 143 Å². The van der Waals surface area contributed by atoms with Crippen molar-refractivity contribution < 1.29 is 0 Å². The van der Waals surface area contributed by atoms with Gasteiger partial charge in [-0.2, -0.15) is 10.2 Å². The fraction of sp³-hybridized carbons (Fsp3) is 0.667. The summed E-state index contributed by atoms with van der Waals surface area (Å²) in [7, 11) is 2.21. The molecule has 2 aliphatic rings. The predicted molar refractivity (Wildman–Crippen MR) is 93.7 cm³/mol. The first-order valence-electron chi connectivity index (χ1n) is 9.15. The van der Waals surface area contributed by atoms with Crippen molar-refractivity contribution in [1.29, 1.82) is 0 Å². The Morgan fingerprint density at radius 1 is 1.29 bits per heavy atom. The van der Waals surface area contributed by atoms with Crippen molar-refractivity contribution >= 4 is 0 Å². The summed E-state index contributed by atoms with van der Waals surface area (Å²) in [5.41, 5.74) is 6.94. The number of fused-ring (bicyclic) bond motifs is 2. The van der Waals surface area contributed by atoms with E-state index in [1.807, 2.05) is 6.20 Å². The van der Waals surface area contributed by atoms with Crippen LogP contribution in [-0.4, -0.2) is 38.1 Å². The fourth-order valence-electron chi connectivity index (χ4n) is 4.05. The molecule has 0 unspecified atom stereocenters. The van der Waals surface area contributed by atoms with Crippen molar-refractivity contribution in [1.82, 2.24) is 29.8 Å². The average Bonchev–Trinajstić information content (AvgIpc) is 3.24.